The highest BCUT2D eigenvalue weighted by Crippen LogP contribution is 2.16. The van der Waals surface area contributed by atoms with Crippen LogP contribution < -0.4 is 9.64 Å². The van der Waals surface area contributed by atoms with Crippen molar-refractivity contribution in [2.24, 2.45) is 0 Å². The first-order chi connectivity index (χ1) is 12.4. The Morgan fingerprint density at radius 2 is 1.69 bits per heavy atom. The third kappa shape index (κ3) is 4.57. The second-order valence-corrected chi connectivity index (χ2v) is 8.10. The predicted octanol–water partition coefficient (Wildman–Crippen LogP) is 0.933. The summed E-state index contributed by atoms with van der Waals surface area (Å²) in [5.41, 5.74) is 0. The van der Waals surface area contributed by atoms with Gasteiger partial charge in [-0.15, -0.1) is 0 Å². The Morgan fingerprint density at radius 1 is 1.00 bits per heavy atom. The lowest BCUT2D eigenvalue weighted by molar-refractivity contribution is -0.903. The molecule has 1 heterocycles. The molecule has 0 bridgehead atoms. The zero-order valence-corrected chi connectivity index (χ0v) is 15.0. The van der Waals surface area contributed by atoms with E-state index in [1.54, 1.807) is 12.1 Å². The first kappa shape index (κ1) is 18.8. The van der Waals surface area contributed by atoms with Crippen molar-refractivity contribution >= 4 is 10.0 Å². The summed E-state index contributed by atoms with van der Waals surface area (Å²) in [5, 5.41) is 0. The molecule has 0 unspecified atom stereocenters. The number of halogens is 2. The van der Waals surface area contributed by atoms with Crippen LogP contribution in [0.2, 0.25) is 0 Å². The van der Waals surface area contributed by atoms with E-state index < -0.39 is 15.8 Å². The van der Waals surface area contributed by atoms with Crippen LogP contribution in [0.1, 0.15) is 0 Å². The van der Waals surface area contributed by atoms with Gasteiger partial charge in [-0.25, -0.2) is 17.2 Å². The van der Waals surface area contributed by atoms with E-state index in [2.05, 4.69) is 0 Å². The Morgan fingerprint density at radius 3 is 2.35 bits per heavy atom. The van der Waals surface area contributed by atoms with Gasteiger partial charge in [-0.05, 0) is 42.5 Å². The summed E-state index contributed by atoms with van der Waals surface area (Å²) < 4.78 is 58.3. The van der Waals surface area contributed by atoms with Gasteiger partial charge in [0.15, 0.2) is 0 Å². The molecule has 0 spiro atoms. The normalized spacial score (nSPS) is 16.5. The molecule has 3 rings (SSSR count). The molecule has 0 amide bonds. The molecule has 1 aliphatic rings. The molecule has 0 aliphatic carbocycles. The SMILES string of the molecule is O=S(=O)(c1cccc(F)c1)N1CC[NH+](CCOc2ccc(F)cc2)CC1. The number of hydrogen-bond donors (Lipinski definition) is 1. The molecular weight excluding hydrogens is 362 g/mol. The van der Waals surface area contributed by atoms with Crippen LogP contribution in [0, 0.1) is 11.6 Å². The van der Waals surface area contributed by atoms with Gasteiger partial charge >= 0.3 is 0 Å². The molecule has 0 radical (unpaired) electrons. The van der Waals surface area contributed by atoms with Crippen molar-refractivity contribution in [1.29, 1.82) is 0 Å². The van der Waals surface area contributed by atoms with E-state index in [0.717, 1.165) is 12.6 Å². The lowest BCUT2D eigenvalue weighted by Crippen LogP contribution is -3.15. The maximum absolute atomic E-state index is 13.3. The van der Waals surface area contributed by atoms with Gasteiger partial charge in [-0.3, -0.25) is 0 Å². The maximum Gasteiger partial charge on any atom is 0.243 e. The van der Waals surface area contributed by atoms with Crippen LogP contribution in [0.15, 0.2) is 53.4 Å². The number of rotatable bonds is 6. The first-order valence-corrected chi connectivity index (χ1v) is 9.87. The van der Waals surface area contributed by atoms with Crippen LogP contribution in [-0.4, -0.2) is 52.1 Å². The van der Waals surface area contributed by atoms with Gasteiger partial charge in [0.05, 0.1) is 31.1 Å². The summed E-state index contributed by atoms with van der Waals surface area (Å²) in [5.74, 6) is -0.259. The number of nitrogens with zero attached hydrogens (tertiary/aromatic N) is 1. The highest BCUT2D eigenvalue weighted by atomic mass is 32.2. The number of quaternary nitrogens is 1. The molecule has 26 heavy (non-hydrogen) atoms. The minimum atomic E-state index is -3.66. The lowest BCUT2D eigenvalue weighted by atomic mass is 10.3. The van der Waals surface area contributed by atoms with Crippen LogP contribution in [-0.2, 0) is 10.0 Å². The fourth-order valence-electron chi connectivity index (χ4n) is 2.91. The fraction of sp³-hybridized carbons (Fsp3) is 0.333. The van der Waals surface area contributed by atoms with Crippen LogP contribution in [0.5, 0.6) is 5.75 Å². The Labute approximate surface area is 151 Å². The third-order valence-corrected chi connectivity index (χ3v) is 6.30. The third-order valence-electron chi connectivity index (χ3n) is 4.40. The molecule has 0 saturated carbocycles. The number of benzene rings is 2. The smallest absolute Gasteiger partial charge is 0.243 e. The summed E-state index contributed by atoms with van der Waals surface area (Å²) in [4.78, 5) is 1.22. The van der Waals surface area contributed by atoms with Gasteiger partial charge in [-0.2, -0.15) is 4.31 Å². The minimum absolute atomic E-state index is 0.0133. The van der Waals surface area contributed by atoms with Gasteiger partial charge in [0, 0.05) is 0 Å². The molecule has 0 atom stereocenters. The zero-order valence-electron chi connectivity index (χ0n) is 14.2. The predicted molar refractivity (Wildman–Crippen MR) is 92.6 cm³/mol. The number of sulfonamides is 1. The number of piperazine rings is 1. The summed E-state index contributed by atoms with van der Waals surface area (Å²) >= 11 is 0. The zero-order chi connectivity index (χ0) is 18.6. The van der Waals surface area contributed by atoms with E-state index in [9.17, 15) is 17.2 Å². The Bertz CT molecular complexity index is 836. The van der Waals surface area contributed by atoms with Gasteiger partial charge in [0.2, 0.25) is 10.0 Å². The number of ether oxygens (including phenoxy) is 1. The van der Waals surface area contributed by atoms with E-state index in [-0.39, 0.29) is 10.7 Å². The number of hydrogen-bond acceptors (Lipinski definition) is 3. The minimum Gasteiger partial charge on any atom is -0.488 e. The molecule has 0 aromatic heterocycles. The van der Waals surface area contributed by atoms with Crippen LogP contribution in [0.4, 0.5) is 8.78 Å². The molecule has 2 aromatic carbocycles. The fourth-order valence-corrected chi connectivity index (χ4v) is 4.39. The van der Waals surface area contributed by atoms with E-state index in [1.807, 2.05) is 0 Å². The highest BCUT2D eigenvalue weighted by Gasteiger charge is 2.30. The summed E-state index contributed by atoms with van der Waals surface area (Å²) in [6.45, 7) is 3.26. The van der Waals surface area contributed by atoms with Crippen LogP contribution >= 0.6 is 0 Å². The Kier molecular flexibility index (Phi) is 5.85. The molecule has 2 aromatic rings. The van der Waals surface area contributed by atoms with Crippen molar-refractivity contribution in [3.05, 3.63) is 60.2 Å². The van der Waals surface area contributed by atoms with Crippen molar-refractivity contribution in [2.75, 3.05) is 39.3 Å². The summed E-state index contributed by atoms with van der Waals surface area (Å²) in [6.07, 6.45) is 0. The second kappa shape index (κ2) is 8.11. The van der Waals surface area contributed by atoms with Crippen molar-refractivity contribution in [3.63, 3.8) is 0 Å². The van der Waals surface area contributed by atoms with Crippen molar-refractivity contribution in [3.8, 4) is 5.75 Å². The topological polar surface area (TPSA) is 51.0 Å². The van der Waals surface area contributed by atoms with Gasteiger partial charge < -0.3 is 9.64 Å². The number of nitrogens with one attached hydrogen (secondary N) is 1. The summed E-state index contributed by atoms with van der Waals surface area (Å²) in [7, 11) is -3.66. The van der Waals surface area contributed by atoms with Gasteiger partial charge in [0.25, 0.3) is 0 Å². The van der Waals surface area contributed by atoms with E-state index in [0.29, 0.717) is 38.5 Å². The van der Waals surface area contributed by atoms with Crippen LogP contribution in [0.3, 0.4) is 0 Å². The van der Waals surface area contributed by atoms with Gasteiger partial charge in [0.1, 0.15) is 30.5 Å². The summed E-state index contributed by atoms with van der Waals surface area (Å²) in [6, 6.07) is 10.9. The lowest BCUT2D eigenvalue weighted by Gasteiger charge is -2.31. The van der Waals surface area contributed by atoms with Gasteiger partial charge in [-0.1, -0.05) is 6.07 Å². The quantitative estimate of drug-likeness (QED) is 0.808. The molecule has 8 heteroatoms. The maximum atomic E-state index is 13.3. The van der Waals surface area contributed by atoms with Crippen LogP contribution in [0.25, 0.3) is 0 Å². The molecule has 140 valence electrons. The molecule has 1 saturated heterocycles. The van der Waals surface area contributed by atoms with Crippen molar-refractivity contribution in [2.45, 2.75) is 4.90 Å². The molecule has 5 nitrogen and oxygen atoms in total. The molecule has 1 aliphatic heterocycles. The van der Waals surface area contributed by atoms with E-state index in [1.165, 1.54) is 39.5 Å². The largest absolute Gasteiger partial charge is 0.488 e. The molecular formula is C18H21F2N2O3S+. The molecule has 1 N–H and O–H groups in total. The monoisotopic (exact) mass is 383 g/mol. The van der Waals surface area contributed by atoms with E-state index >= 15 is 0 Å². The standard InChI is InChI=1S/C18H20F2N2O3S/c19-15-4-6-17(7-5-15)25-13-12-21-8-10-22(11-9-21)26(23,24)18-3-1-2-16(20)14-18/h1-7,14H,8-13H2/p+1. The van der Waals surface area contributed by atoms with E-state index in [4.69, 9.17) is 4.74 Å². The Balaban J connectivity index is 1.48. The average Bonchev–Trinajstić information content (AvgIpc) is 2.64. The highest BCUT2D eigenvalue weighted by molar-refractivity contribution is 7.89. The molecule has 1 fully saturated rings. The Hall–Kier alpha value is -2.03. The van der Waals surface area contributed by atoms with Crippen molar-refractivity contribution < 1.29 is 26.8 Å². The average molecular weight is 383 g/mol. The first-order valence-electron chi connectivity index (χ1n) is 8.43. The second-order valence-electron chi connectivity index (χ2n) is 6.16. The van der Waals surface area contributed by atoms with Crippen molar-refractivity contribution in [1.82, 2.24) is 4.31 Å².